The summed E-state index contributed by atoms with van der Waals surface area (Å²) in [5.74, 6) is 0.673. The number of nitrogens with zero attached hydrogens (tertiary/aromatic N) is 2. The Hall–Kier alpha value is -2.14. The first-order chi connectivity index (χ1) is 11.7. The molecule has 0 radical (unpaired) electrons. The zero-order chi connectivity index (χ0) is 16.6. The molecule has 1 aromatic carbocycles. The van der Waals surface area contributed by atoms with E-state index in [1.807, 2.05) is 35.2 Å². The van der Waals surface area contributed by atoms with Gasteiger partial charge in [0.2, 0.25) is 5.76 Å². The van der Waals surface area contributed by atoms with Gasteiger partial charge in [-0.15, -0.1) is 0 Å². The molecular formula is C19H22N2O3. The highest BCUT2D eigenvalue weighted by atomic mass is 16.3. The van der Waals surface area contributed by atoms with Gasteiger partial charge in [-0.2, -0.15) is 0 Å². The highest BCUT2D eigenvalue weighted by molar-refractivity contribution is 5.93. The number of piperidine rings is 1. The van der Waals surface area contributed by atoms with Crippen molar-refractivity contribution in [1.29, 1.82) is 0 Å². The van der Waals surface area contributed by atoms with Crippen molar-refractivity contribution in [1.82, 2.24) is 9.88 Å². The molecule has 2 aromatic rings. The van der Waals surface area contributed by atoms with E-state index in [1.54, 1.807) is 0 Å². The minimum Gasteiger partial charge on any atom is -0.438 e. The summed E-state index contributed by atoms with van der Waals surface area (Å²) in [6, 6.07) is 10.0. The Balaban J connectivity index is 1.60. The number of benzene rings is 1. The molecule has 1 N–H and O–H groups in total. The molecule has 1 saturated carbocycles. The van der Waals surface area contributed by atoms with Crippen molar-refractivity contribution in [2.24, 2.45) is 0 Å². The molecule has 24 heavy (non-hydrogen) atoms. The molecular weight excluding hydrogens is 304 g/mol. The fourth-order valence-electron chi connectivity index (χ4n) is 3.76. The van der Waals surface area contributed by atoms with Crippen molar-refractivity contribution >= 4 is 5.91 Å². The van der Waals surface area contributed by atoms with E-state index in [0.29, 0.717) is 24.8 Å². The third-order valence-corrected chi connectivity index (χ3v) is 5.31. The van der Waals surface area contributed by atoms with Gasteiger partial charge in [0.05, 0.1) is 12.3 Å². The number of hydrogen-bond donors (Lipinski definition) is 1. The molecule has 1 atom stereocenters. The van der Waals surface area contributed by atoms with Gasteiger partial charge in [-0.1, -0.05) is 30.3 Å². The molecule has 5 nitrogen and oxygen atoms in total. The second-order valence-electron chi connectivity index (χ2n) is 6.98. The normalized spacial score (nSPS) is 24.1. The largest absolute Gasteiger partial charge is 0.438 e. The van der Waals surface area contributed by atoms with Crippen LogP contribution in [0.1, 0.15) is 53.4 Å². The molecule has 2 aliphatic rings. The van der Waals surface area contributed by atoms with Crippen molar-refractivity contribution in [3.05, 3.63) is 53.7 Å². The second-order valence-corrected chi connectivity index (χ2v) is 6.98. The van der Waals surface area contributed by atoms with Crippen LogP contribution in [0.5, 0.6) is 0 Å². The highest BCUT2D eigenvalue weighted by Crippen LogP contribution is 2.41. The SMILES string of the molecule is O=C(c1ocnc1C1CC1)N1CCCC(CO)(c2ccccc2)C1. The summed E-state index contributed by atoms with van der Waals surface area (Å²) in [5.41, 5.74) is 1.50. The highest BCUT2D eigenvalue weighted by Gasteiger charge is 2.40. The van der Waals surface area contributed by atoms with Crippen molar-refractivity contribution in [2.75, 3.05) is 19.7 Å². The molecule has 1 aromatic heterocycles. The van der Waals surface area contributed by atoms with Gasteiger partial charge in [-0.3, -0.25) is 4.79 Å². The molecule has 5 heteroatoms. The molecule has 0 bridgehead atoms. The number of rotatable bonds is 4. The first-order valence-electron chi connectivity index (χ1n) is 8.62. The average molecular weight is 326 g/mol. The predicted molar refractivity (Wildman–Crippen MR) is 88.8 cm³/mol. The number of amides is 1. The lowest BCUT2D eigenvalue weighted by Gasteiger charge is -2.42. The van der Waals surface area contributed by atoms with E-state index in [1.165, 1.54) is 6.39 Å². The van der Waals surface area contributed by atoms with Crippen LogP contribution in [0.4, 0.5) is 0 Å². The van der Waals surface area contributed by atoms with E-state index in [9.17, 15) is 9.90 Å². The molecule has 2 heterocycles. The molecule has 1 amide bonds. The minimum absolute atomic E-state index is 0.0344. The number of aliphatic hydroxyl groups excluding tert-OH is 1. The maximum absolute atomic E-state index is 13.0. The van der Waals surface area contributed by atoms with E-state index in [0.717, 1.165) is 36.9 Å². The lowest BCUT2D eigenvalue weighted by atomic mass is 9.74. The summed E-state index contributed by atoms with van der Waals surface area (Å²) in [6.07, 6.45) is 5.29. The summed E-state index contributed by atoms with van der Waals surface area (Å²) < 4.78 is 5.42. The van der Waals surface area contributed by atoms with Crippen LogP contribution in [0.15, 0.2) is 41.1 Å². The van der Waals surface area contributed by atoms with E-state index in [4.69, 9.17) is 4.42 Å². The van der Waals surface area contributed by atoms with Gasteiger partial charge >= 0.3 is 0 Å². The summed E-state index contributed by atoms with van der Waals surface area (Å²) in [6.45, 7) is 1.24. The fourth-order valence-corrected chi connectivity index (χ4v) is 3.76. The number of aliphatic hydroxyl groups is 1. The van der Waals surface area contributed by atoms with Crippen molar-refractivity contribution in [3.63, 3.8) is 0 Å². The molecule has 1 aliphatic carbocycles. The summed E-state index contributed by atoms with van der Waals surface area (Å²) in [7, 11) is 0. The van der Waals surface area contributed by atoms with Gasteiger partial charge in [0.15, 0.2) is 6.39 Å². The van der Waals surface area contributed by atoms with Crippen LogP contribution in [0.25, 0.3) is 0 Å². The number of carbonyl (C=O) groups excluding carboxylic acids is 1. The van der Waals surface area contributed by atoms with E-state index >= 15 is 0 Å². The molecule has 2 fully saturated rings. The van der Waals surface area contributed by atoms with Crippen LogP contribution < -0.4 is 0 Å². The Labute approximate surface area is 141 Å². The Morgan fingerprint density at radius 2 is 2.12 bits per heavy atom. The number of aromatic nitrogens is 1. The smallest absolute Gasteiger partial charge is 0.291 e. The molecule has 4 rings (SSSR count). The topological polar surface area (TPSA) is 66.6 Å². The zero-order valence-corrected chi connectivity index (χ0v) is 13.6. The molecule has 126 valence electrons. The average Bonchev–Trinajstić information content (AvgIpc) is 3.38. The standard InChI is InChI=1S/C19H22N2O3/c22-12-19(15-5-2-1-3-6-15)9-4-10-21(11-19)18(23)17-16(14-7-8-14)20-13-24-17/h1-3,5-6,13-14,22H,4,7-12H2. The molecule has 1 aliphatic heterocycles. The van der Waals surface area contributed by atoms with Crippen molar-refractivity contribution in [3.8, 4) is 0 Å². The lowest BCUT2D eigenvalue weighted by Crippen LogP contribution is -2.50. The first-order valence-corrected chi connectivity index (χ1v) is 8.62. The van der Waals surface area contributed by atoms with E-state index < -0.39 is 5.41 Å². The van der Waals surface area contributed by atoms with Gasteiger partial charge in [-0.25, -0.2) is 4.98 Å². The summed E-state index contributed by atoms with van der Waals surface area (Å²) in [5, 5.41) is 10.1. The molecule has 0 spiro atoms. The maximum atomic E-state index is 13.0. The number of carbonyl (C=O) groups is 1. The van der Waals surface area contributed by atoms with Gasteiger partial charge in [0.1, 0.15) is 0 Å². The quantitative estimate of drug-likeness (QED) is 0.938. The summed E-state index contributed by atoms with van der Waals surface area (Å²) in [4.78, 5) is 19.0. The van der Waals surface area contributed by atoms with E-state index in [2.05, 4.69) is 4.98 Å². The second kappa shape index (κ2) is 6.06. The van der Waals surface area contributed by atoms with Crippen LogP contribution in [0.2, 0.25) is 0 Å². The van der Waals surface area contributed by atoms with Crippen LogP contribution in [0.3, 0.4) is 0 Å². The number of oxazole rings is 1. The van der Waals surface area contributed by atoms with Gasteiger partial charge < -0.3 is 14.4 Å². The monoisotopic (exact) mass is 326 g/mol. The third-order valence-electron chi connectivity index (χ3n) is 5.31. The van der Waals surface area contributed by atoms with Gasteiger partial charge in [0.25, 0.3) is 5.91 Å². The van der Waals surface area contributed by atoms with Crippen LogP contribution in [-0.4, -0.2) is 40.6 Å². The fraction of sp³-hybridized carbons (Fsp3) is 0.474. The summed E-state index contributed by atoms with van der Waals surface area (Å²) >= 11 is 0. The van der Waals surface area contributed by atoms with Crippen molar-refractivity contribution < 1.29 is 14.3 Å². The van der Waals surface area contributed by atoms with Gasteiger partial charge in [0, 0.05) is 24.4 Å². The predicted octanol–water partition coefficient (Wildman–Crippen LogP) is 2.72. The minimum atomic E-state index is -0.394. The Morgan fingerprint density at radius 3 is 2.83 bits per heavy atom. The maximum Gasteiger partial charge on any atom is 0.291 e. The number of likely N-dealkylation sites (tertiary alicyclic amines) is 1. The molecule has 1 saturated heterocycles. The van der Waals surface area contributed by atoms with Crippen LogP contribution in [-0.2, 0) is 5.41 Å². The van der Waals surface area contributed by atoms with E-state index in [-0.39, 0.29) is 12.5 Å². The number of hydrogen-bond acceptors (Lipinski definition) is 4. The van der Waals surface area contributed by atoms with Gasteiger partial charge in [-0.05, 0) is 31.2 Å². The Bertz CT molecular complexity index is 723. The lowest BCUT2D eigenvalue weighted by molar-refractivity contribution is 0.0513. The third kappa shape index (κ3) is 2.63. The Kier molecular flexibility index (Phi) is 3.88. The Morgan fingerprint density at radius 1 is 1.33 bits per heavy atom. The first kappa shape index (κ1) is 15.4. The molecule has 1 unspecified atom stereocenters. The van der Waals surface area contributed by atoms with Crippen molar-refractivity contribution in [2.45, 2.75) is 37.0 Å². The van der Waals surface area contributed by atoms with Crippen LogP contribution >= 0.6 is 0 Å². The van der Waals surface area contributed by atoms with Crippen LogP contribution in [0, 0.1) is 0 Å². The zero-order valence-electron chi connectivity index (χ0n) is 13.6.